The molecule has 2 rings (SSSR count). The summed E-state index contributed by atoms with van der Waals surface area (Å²) in [5.41, 5.74) is 0.801. The molecule has 0 radical (unpaired) electrons. The normalized spacial score (nSPS) is 24.4. The van der Waals surface area contributed by atoms with E-state index in [0.717, 1.165) is 11.3 Å². The molecule has 2 heterocycles. The predicted octanol–water partition coefficient (Wildman–Crippen LogP) is 1.80. The number of nitrogens with zero attached hydrogens (tertiary/aromatic N) is 1. The number of amides is 1. The second kappa shape index (κ2) is 3.88. The Morgan fingerprint density at radius 2 is 2.00 bits per heavy atom. The van der Waals surface area contributed by atoms with Crippen LogP contribution in [-0.2, 0) is 0 Å². The van der Waals surface area contributed by atoms with Gasteiger partial charge in [-0.3, -0.25) is 4.79 Å². The van der Waals surface area contributed by atoms with Crippen molar-refractivity contribution in [1.82, 2.24) is 4.90 Å². The highest BCUT2D eigenvalue weighted by Crippen LogP contribution is 2.26. The molecular formula is C13H19NO3. The lowest BCUT2D eigenvalue weighted by Crippen LogP contribution is -2.34. The summed E-state index contributed by atoms with van der Waals surface area (Å²) < 4.78 is 5.47. The fraction of sp³-hybridized carbons (Fsp3) is 0.615. The molecule has 1 N–H and O–H groups in total. The van der Waals surface area contributed by atoms with Gasteiger partial charge in [-0.05, 0) is 34.1 Å². The van der Waals surface area contributed by atoms with Gasteiger partial charge in [0.15, 0.2) is 0 Å². The van der Waals surface area contributed by atoms with Crippen LogP contribution in [-0.4, -0.2) is 34.6 Å². The minimum atomic E-state index is -0.754. The number of hydrogen-bond donors (Lipinski definition) is 1. The molecule has 0 aliphatic carbocycles. The van der Waals surface area contributed by atoms with Gasteiger partial charge in [-0.1, -0.05) is 0 Å². The van der Waals surface area contributed by atoms with E-state index < -0.39 is 5.60 Å². The lowest BCUT2D eigenvalue weighted by atomic mass is 10.1. The van der Waals surface area contributed by atoms with Crippen LogP contribution in [0, 0.1) is 20.8 Å². The Labute approximate surface area is 101 Å². The van der Waals surface area contributed by atoms with E-state index in [2.05, 4.69) is 0 Å². The van der Waals surface area contributed by atoms with Crippen molar-refractivity contribution in [2.75, 3.05) is 13.1 Å². The molecule has 0 bridgehead atoms. The third-order valence-electron chi connectivity index (χ3n) is 3.51. The lowest BCUT2D eigenvalue weighted by Gasteiger charge is -2.19. The molecule has 1 aromatic rings. The second-order valence-corrected chi connectivity index (χ2v) is 5.19. The van der Waals surface area contributed by atoms with E-state index in [4.69, 9.17) is 4.42 Å². The minimum Gasteiger partial charge on any atom is -0.466 e. The summed E-state index contributed by atoms with van der Waals surface area (Å²) in [6.45, 7) is 8.33. The number of hydrogen-bond acceptors (Lipinski definition) is 3. The highest BCUT2D eigenvalue weighted by atomic mass is 16.3. The Morgan fingerprint density at radius 1 is 1.35 bits per heavy atom. The molecular weight excluding hydrogens is 218 g/mol. The molecule has 0 saturated carbocycles. The van der Waals surface area contributed by atoms with Crippen LogP contribution in [0.2, 0.25) is 0 Å². The van der Waals surface area contributed by atoms with E-state index >= 15 is 0 Å². The summed E-state index contributed by atoms with van der Waals surface area (Å²) in [4.78, 5) is 14.0. The number of likely N-dealkylation sites (tertiary alicyclic amines) is 1. The first-order valence-corrected chi connectivity index (χ1v) is 5.90. The van der Waals surface area contributed by atoms with Crippen LogP contribution in [0.3, 0.4) is 0 Å². The van der Waals surface area contributed by atoms with Gasteiger partial charge in [0.1, 0.15) is 11.5 Å². The molecule has 1 atom stereocenters. The fourth-order valence-electron chi connectivity index (χ4n) is 2.38. The number of carbonyl (C=O) groups is 1. The Balaban J connectivity index is 2.27. The third kappa shape index (κ3) is 2.09. The van der Waals surface area contributed by atoms with Gasteiger partial charge in [0.05, 0.1) is 11.2 Å². The predicted molar refractivity (Wildman–Crippen MR) is 64.1 cm³/mol. The highest BCUT2D eigenvalue weighted by Gasteiger charge is 2.35. The average molecular weight is 237 g/mol. The van der Waals surface area contributed by atoms with Crippen molar-refractivity contribution >= 4 is 5.91 Å². The van der Waals surface area contributed by atoms with Crippen molar-refractivity contribution < 1.29 is 14.3 Å². The molecule has 94 valence electrons. The van der Waals surface area contributed by atoms with E-state index in [-0.39, 0.29) is 5.91 Å². The standard InChI is InChI=1S/C13H19NO3/c1-8-9(2)17-10(3)11(8)12(15)14-6-5-13(4,16)7-14/h16H,5-7H2,1-4H3. The van der Waals surface area contributed by atoms with Crippen molar-refractivity contribution in [2.45, 2.75) is 39.7 Å². The average Bonchev–Trinajstić information content (AvgIpc) is 2.68. The quantitative estimate of drug-likeness (QED) is 0.810. The van der Waals surface area contributed by atoms with Gasteiger partial charge in [0, 0.05) is 18.7 Å². The smallest absolute Gasteiger partial charge is 0.257 e. The Hall–Kier alpha value is -1.29. The molecule has 17 heavy (non-hydrogen) atoms. The number of β-amino-alcohol motifs (C(OH)–C–C–N with tert-alkyl or cyclic N) is 1. The van der Waals surface area contributed by atoms with Crippen molar-refractivity contribution in [3.05, 3.63) is 22.6 Å². The van der Waals surface area contributed by atoms with Crippen molar-refractivity contribution in [2.24, 2.45) is 0 Å². The van der Waals surface area contributed by atoms with E-state index in [1.54, 1.807) is 18.7 Å². The SMILES string of the molecule is Cc1oc(C)c(C(=O)N2CCC(C)(O)C2)c1C. The maximum Gasteiger partial charge on any atom is 0.257 e. The maximum absolute atomic E-state index is 12.3. The third-order valence-corrected chi connectivity index (χ3v) is 3.51. The molecule has 1 amide bonds. The molecule has 1 aliphatic heterocycles. The van der Waals surface area contributed by atoms with Crippen LogP contribution in [0.15, 0.2) is 4.42 Å². The molecule has 1 saturated heterocycles. The highest BCUT2D eigenvalue weighted by molar-refractivity contribution is 5.97. The topological polar surface area (TPSA) is 53.7 Å². The summed E-state index contributed by atoms with van der Waals surface area (Å²) in [6.07, 6.45) is 0.633. The van der Waals surface area contributed by atoms with E-state index in [1.807, 2.05) is 13.8 Å². The van der Waals surface area contributed by atoms with Gasteiger partial charge in [0.25, 0.3) is 5.91 Å². The van der Waals surface area contributed by atoms with Gasteiger partial charge in [0.2, 0.25) is 0 Å². The van der Waals surface area contributed by atoms with Crippen LogP contribution in [0.1, 0.15) is 40.8 Å². The second-order valence-electron chi connectivity index (χ2n) is 5.19. The number of aliphatic hydroxyl groups is 1. The van der Waals surface area contributed by atoms with Crippen LogP contribution < -0.4 is 0 Å². The first-order valence-electron chi connectivity index (χ1n) is 5.90. The summed E-state index contributed by atoms with van der Waals surface area (Å²) in [5.74, 6) is 1.42. The molecule has 4 nitrogen and oxygen atoms in total. The molecule has 1 aromatic heterocycles. The van der Waals surface area contributed by atoms with Crippen LogP contribution in [0.25, 0.3) is 0 Å². The van der Waals surface area contributed by atoms with E-state index in [0.29, 0.717) is 30.8 Å². The molecule has 0 aromatic carbocycles. The first kappa shape index (κ1) is 12.2. The summed E-state index contributed by atoms with van der Waals surface area (Å²) in [5, 5.41) is 9.89. The Bertz CT molecular complexity index is 459. The lowest BCUT2D eigenvalue weighted by molar-refractivity contribution is 0.0570. The van der Waals surface area contributed by atoms with Gasteiger partial charge < -0.3 is 14.4 Å². The first-order chi connectivity index (χ1) is 7.82. The molecule has 1 aliphatic rings. The molecule has 1 unspecified atom stereocenters. The summed E-state index contributed by atoms with van der Waals surface area (Å²) in [7, 11) is 0. The van der Waals surface area contributed by atoms with Gasteiger partial charge in [-0.15, -0.1) is 0 Å². The summed E-state index contributed by atoms with van der Waals surface area (Å²) >= 11 is 0. The fourth-order valence-corrected chi connectivity index (χ4v) is 2.38. The van der Waals surface area contributed by atoms with Crippen molar-refractivity contribution in [3.8, 4) is 0 Å². The largest absolute Gasteiger partial charge is 0.466 e. The number of rotatable bonds is 1. The Morgan fingerprint density at radius 3 is 2.41 bits per heavy atom. The van der Waals surface area contributed by atoms with Gasteiger partial charge in [-0.2, -0.15) is 0 Å². The van der Waals surface area contributed by atoms with Crippen LogP contribution >= 0.6 is 0 Å². The number of furan rings is 1. The maximum atomic E-state index is 12.3. The van der Waals surface area contributed by atoms with Crippen molar-refractivity contribution in [3.63, 3.8) is 0 Å². The zero-order valence-corrected chi connectivity index (χ0v) is 10.8. The molecule has 1 fully saturated rings. The minimum absolute atomic E-state index is 0.0328. The zero-order chi connectivity index (χ0) is 12.8. The van der Waals surface area contributed by atoms with E-state index in [1.165, 1.54) is 0 Å². The zero-order valence-electron chi connectivity index (χ0n) is 10.8. The summed E-state index contributed by atoms with van der Waals surface area (Å²) in [6, 6.07) is 0. The van der Waals surface area contributed by atoms with Crippen LogP contribution in [0.5, 0.6) is 0 Å². The van der Waals surface area contributed by atoms with Gasteiger partial charge >= 0.3 is 0 Å². The Kier molecular flexibility index (Phi) is 2.78. The van der Waals surface area contributed by atoms with E-state index in [9.17, 15) is 9.90 Å². The van der Waals surface area contributed by atoms with Crippen molar-refractivity contribution in [1.29, 1.82) is 0 Å². The number of carbonyl (C=O) groups excluding carboxylic acids is 1. The molecule has 4 heteroatoms. The van der Waals surface area contributed by atoms with Crippen LogP contribution in [0.4, 0.5) is 0 Å². The molecule has 0 spiro atoms. The number of aryl methyl sites for hydroxylation is 2. The van der Waals surface area contributed by atoms with Gasteiger partial charge in [-0.25, -0.2) is 0 Å². The monoisotopic (exact) mass is 237 g/mol.